The fourth-order valence-corrected chi connectivity index (χ4v) is 1.29. The zero-order chi connectivity index (χ0) is 12.6. The van der Waals surface area contributed by atoms with Crippen LogP contribution in [-0.2, 0) is 0 Å². The van der Waals surface area contributed by atoms with Gasteiger partial charge in [-0.05, 0) is 12.8 Å². The summed E-state index contributed by atoms with van der Waals surface area (Å²) in [4.78, 5) is 0. The van der Waals surface area contributed by atoms with Crippen molar-refractivity contribution in [1.29, 1.82) is 0 Å². The average molecular weight is 250 g/mol. The molecule has 0 aliphatic carbocycles. The van der Waals surface area contributed by atoms with Crippen molar-refractivity contribution >= 4 is 0 Å². The predicted molar refractivity (Wildman–Crippen MR) is 49.8 cm³/mol. The third-order valence-electron chi connectivity index (χ3n) is 2.25. The molecule has 0 aromatic carbocycles. The van der Waals surface area contributed by atoms with Crippen molar-refractivity contribution in [1.82, 2.24) is 0 Å². The van der Waals surface area contributed by atoms with Gasteiger partial charge in [0.15, 0.2) is 12.3 Å². The van der Waals surface area contributed by atoms with E-state index in [0.717, 1.165) is 0 Å². The van der Waals surface area contributed by atoms with Gasteiger partial charge in [-0.1, -0.05) is 19.3 Å². The molecular formula is C10H16F6. The Labute approximate surface area is 91.0 Å². The van der Waals surface area contributed by atoms with Gasteiger partial charge in [0, 0.05) is 0 Å². The SMILES string of the molecule is FCCCCCCC(F)C(F)C(F)C(F)F. The van der Waals surface area contributed by atoms with Gasteiger partial charge in [-0.25, -0.2) is 22.0 Å². The third-order valence-corrected chi connectivity index (χ3v) is 2.25. The molecule has 0 saturated heterocycles. The lowest BCUT2D eigenvalue weighted by atomic mass is 10.0. The highest BCUT2D eigenvalue weighted by Gasteiger charge is 2.35. The van der Waals surface area contributed by atoms with Gasteiger partial charge in [-0.2, -0.15) is 0 Å². The van der Waals surface area contributed by atoms with Gasteiger partial charge in [0.05, 0.1) is 6.67 Å². The second-order valence-electron chi connectivity index (χ2n) is 3.63. The molecule has 0 N–H and O–H groups in total. The minimum Gasteiger partial charge on any atom is -0.251 e. The largest absolute Gasteiger partial charge is 0.272 e. The van der Waals surface area contributed by atoms with E-state index in [1.807, 2.05) is 0 Å². The highest BCUT2D eigenvalue weighted by atomic mass is 19.3. The van der Waals surface area contributed by atoms with Gasteiger partial charge in [-0.15, -0.1) is 0 Å². The van der Waals surface area contributed by atoms with Gasteiger partial charge in [0.25, 0.3) is 6.43 Å². The Morgan fingerprint density at radius 3 is 1.75 bits per heavy atom. The first kappa shape index (κ1) is 15.6. The number of unbranched alkanes of at least 4 members (excludes halogenated alkanes) is 3. The molecule has 0 aromatic heterocycles. The summed E-state index contributed by atoms with van der Waals surface area (Å²) in [6, 6.07) is 0. The summed E-state index contributed by atoms with van der Waals surface area (Å²) in [5, 5.41) is 0. The smallest absolute Gasteiger partial charge is 0.251 e. The highest BCUT2D eigenvalue weighted by Crippen LogP contribution is 2.22. The first-order valence-electron chi connectivity index (χ1n) is 5.27. The molecule has 6 heteroatoms. The summed E-state index contributed by atoms with van der Waals surface area (Å²) in [6.45, 7) is -0.470. The van der Waals surface area contributed by atoms with Crippen LogP contribution in [-0.4, -0.2) is 31.6 Å². The van der Waals surface area contributed by atoms with Crippen molar-refractivity contribution in [2.45, 2.75) is 57.0 Å². The zero-order valence-electron chi connectivity index (χ0n) is 8.82. The van der Waals surface area contributed by atoms with Crippen LogP contribution < -0.4 is 0 Å². The van der Waals surface area contributed by atoms with E-state index in [1.54, 1.807) is 0 Å². The van der Waals surface area contributed by atoms with Crippen LogP contribution in [0, 0.1) is 0 Å². The topological polar surface area (TPSA) is 0 Å². The maximum absolute atomic E-state index is 12.9. The van der Waals surface area contributed by atoms with Crippen molar-refractivity contribution < 1.29 is 26.3 Å². The van der Waals surface area contributed by atoms with Crippen LogP contribution in [0.2, 0.25) is 0 Å². The van der Waals surface area contributed by atoms with Crippen molar-refractivity contribution in [3.63, 3.8) is 0 Å². The molecule has 0 nitrogen and oxygen atoms in total. The quantitative estimate of drug-likeness (QED) is 0.425. The number of alkyl halides is 6. The predicted octanol–water partition coefficient (Wildman–Crippen LogP) is 4.19. The van der Waals surface area contributed by atoms with Gasteiger partial charge in [0.1, 0.15) is 6.17 Å². The number of halogens is 6. The van der Waals surface area contributed by atoms with E-state index in [-0.39, 0.29) is 12.8 Å². The molecule has 0 aliphatic heterocycles. The third kappa shape index (κ3) is 6.23. The van der Waals surface area contributed by atoms with Crippen LogP contribution in [0.4, 0.5) is 26.3 Å². The first-order valence-corrected chi connectivity index (χ1v) is 5.27. The van der Waals surface area contributed by atoms with Crippen molar-refractivity contribution in [2.24, 2.45) is 0 Å². The molecule has 0 rings (SSSR count). The minimum absolute atomic E-state index is 0.248. The second-order valence-corrected chi connectivity index (χ2v) is 3.63. The van der Waals surface area contributed by atoms with E-state index in [0.29, 0.717) is 19.3 Å². The molecule has 0 aromatic rings. The second kappa shape index (κ2) is 8.70. The minimum atomic E-state index is -3.50. The van der Waals surface area contributed by atoms with E-state index >= 15 is 0 Å². The molecule has 0 amide bonds. The molecule has 0 saturated carbocycles. The Bertz CT molecular complexity index is 163. The highest BCUT2D eigenvalue weighted by molar-refractivity contribution is 4.78. The van der Waals surface area contributed by atoms with Gasteiger partial charge in [-0.3, -0.25) is 4.39 Å². The van der Waals surface area contributed by atoms with Crippen LogP contribution in [0.5, 0.6) is 0 Å². The van der Waals surface area contributed by atoms with Crippen molar-refractivity contribution in [2.75, 3.05) is 6.67 Å². The normalized spacial score (nSPS) is 17.4. The molecular weight excluding hydrogens is 234 g/mol. The molecule has 0 spiro atoms. The Balaban J connectivity index is 3.66. The van der Waals surface area contributed by atoms with Gasteiger partial charge >= 0.3 is 0 Å². The van der Waals surface area contributed by atoms with Crippen LogP contribution in [0.25, 0.3) is 0 Å². The van der Waals surface area contributed by atoms with Crippen LogP contribution >= 0.6 is 0 Å². The Hall–Kier alpha value is -0.420. The number of rotatable bonds is 9. The molecule has 0 aliphatic rings. The fraction of sp³-hybridized carbons (Fsp3) is 1.00. The standard InChI is InChI=1S/C10H16F6/c11-6-4-2-1-3-5-7(12)8(13)9(14)10(15)16/h7-10H,1-6H2. The summed E-state index contributed by atoms with van der Waals surface area (Å²) in [5.74, 6) is 0. The lowest BCUT2D eigenvalue weighted by molar-refractivity contribution is -0.0248. The zero-order valence-corrected chi connectivity index (χ0v) is 8.82. The number of hydrogen-bond donors (Lipinski definition) is 0. The summed E-state index contributed by atoms with van der Waals surface area (Å²) in [7, 11) is 0. The Kier molecular flexibility index (Phi) is 8.47. The summed E-state index contributed by atoms with van der Waals surface area (Å²) in [6.07, 6.45) is -10.2. The van der Waals surface area contributed by atoms with Gasteiger partial charge < -0.3 is 0 Å². The number of hydrogen-bond acceptors (Lipinski definition) is 0. The fourth-order valence-electron chi connectivity index (χ4n) is 1.29. The molecule has 16 heavy (non-hydrogen) atoms. The van der Waals surface area contributed by atoms with Crippen LogP contribution in [0.15, 0.2) is 0 Å². The van der Waals surface area contributed by atoms with Crippen LogP contribution in [0.3, 0.4) is 0 Å². The molecule has 0 fully saturated rings. The van der Waals surface area contributed by atoms with E-state index in [1.165, 1.54) is 0 Å². The van der Waals surface area contributed by atoms with E-state index < -0.39 is 31.6 Å². The van der Waals surface area contributed by atoms with Crippen LogP contribution in [0.1, 0.15) is 32.1 Å². The molecule has 0 bridgehead atoms. The first-order chi connectivity index (χ1) is 7.50. The van der Waals surface area contributed by atoms with E-state index in [4.69, 9.17) is 0 Å². The monoisotopic (exact) mass is 250 g/mol. The summed E-state index contributed by atoms with van der Waals surface area (Å²) in [5.41, 5.74) is 0. The van der Waals surface area contributed by atoms with Gasteiger partial charge in [0.2, 0.25) is 0 Å². The average Bonchev–Trinajstić information content (AvgIpc) is 2.26. The summed E-state index contributed by atoms with van der Waals surface area (Å²) >= 11 is 0. The van der Waals surface area contributed by atoms with E-state index in [2.05, 4.69) is 0 Å². The molecule has 98 valence electrons. The van der Waals surface area contributed by atoms with Crippen molar-refractivity contribution in [3.05, 3.63) is 0 Å². The van der Waals surface area contributed by atoms with Crippen molar-refractivity contribution in [3.8, 4) is 0 Å². The van der Waals surface area contributed by atoms with E-state index in [9.17, 15) is 26.3 Å². The molecule has 0 heterocycles. The lowest BCUT2D eigenvalue weighted by Crippen LogP contribution is -2.33. The Morgan fingerprint density at radius 2 is 1.25 bits per heavy atom. The lowest BCUT2D eigenvalue weighted by Gasteiger charge is -2.16. The summed E-state index contributed by atoms with van der Waals surface area (Å²) < 4.78 is 73.0. The molecule has 0 radical (unpaired) electrons. The maximum atomic E-state index is 12.9. The molecule has 3 atom stereocenters. The maximum Gasteiger partial charge on any atom is 0.272 e. The Morgan fingerprint density at radius 1 is 0.688 bits per heavy atom. The molecule has 3 unspecified atom stereocenters.